The van der Waals surface area contributed by atoms with Crippen LogP contribution in [0.3, 0.4) is 0 Å². The fourth-order valence-electron chi connectivity index (χ4n) is 2.69. The summed E-state index contributed by atoms with van der Waals surface area (Å²) in [6.07, 6.45) is 3.48. The fraction of sp³-hybridized carbons (Fsp3) is 0. The van der Waals surface area contributed by atoms with Crippen LogP contribution < -0.4 is 0 Å². The van der Waals surface area contributed by atoms with E-state index in [-0.39, 0.29) is 5.82 Å². The van der Waals surface area contributed by atoms with Crippen LogP contribution in [0.1, 0.15) is 0 Å². The van der Waals surface area contributed by atoms with E-state index in [2.05, 4.69) is 25.9 Å². The largest absolute Gasteiger partial charge is 0.337 e. The Labute approximate surface area is 152 Å². The van der Waals surface area contributed by atoms with Gasteiger partial charge in [0.05, 0.1) is 11.4 Å². The van der Waals surface area contributed by atoms with Crippen LogP contribution >= 0.6 is 15.9 Å². The van der Waals surface area contributed by atoms with Crippen molar-refractivity contribution in [2.45, 2.75) is 0 Å². The van der Waals surface area contributed by atoms with Crippen molar-refractivity contribution in [2.75, 3.05) is 0 Å². The Kier molecular flexibility index (Phi) is 4.15. The number of aromatic amines is 1. The number of nitrogens with zero attached hydrogens (tertiary/aromatic N) is 2. The van der Waals surface area contributed by atoms with Crippen molar-refractivity contribution in [3.63, 3.8) is 0 Å². The predicted octanol–water partition coefficient (Wildman–Crippen LogP) is 5.71. The smallest absolute Gasteiger partial charge is 0.138 e. The van der Waals surface area contributed by atoms with E-state index in [0.717, 1.165) is 38.4 Å². The van der Waals surface area contributed by atoms with Crippen molar-refractivity contribution in [1.82, 2.24) is 15.0 Å². The molecule has 4 aromatic rings. The fourth-order valence-corrected chi connectivity index (χ4v) is 3.09. The van der Waals surface area contributed by atoms with Crippen LogP contribution in [-0.4, -0.2) is 15.0 Å². The van der Waals surface area contributed by atoms with E-state index in [1.807, 2.05) is 36.4 Å². The molecule has 4 rings (SSSR count). The van der Waals surface area contributed by atoms with E-state index in [0.29, 0.717) is 0 Å². The quantitative estimate of drug-likeness (QED) is 0.484. The molecule has 0 radical (unpaired) electrons. The molecule has 0 aliphatic rings. The van der Waals surface area contributed by atoms with Crippen molar-refractivity contribution in [3.05, 3.63) is 83.3 Å². The third-order valence-corrected chi connectivity index (χ3v) is 4.38. The minimum absolute atomic E-state index is 0.267. The van der Waals surface area contributed by atoms with Crippen molar-refractivity contribution in [1.29, 1.82) is 0 Å². The Morgan fingerprint density at radius 1 is 0.840 bits per heavy atom. The zero-order valence-electron chi connectivity index (χ0n) is 13.1. The summed E-state index contributed by atoms with van der Waals surface area (Å²) < 4.78 is 14.3. The molecule has 25 heavy (non-hydrogen) atoms. The van der Waals surface area contributed by atoms with Crippen molar-refractivity contribution < 1.29 is 4.39 Å². The van der Waals surface area contributed by atoms with Gasteiger partial charge in [0.25, 0.3) is 0 Å². The highest BCUT2D eigenvalue weighted by Gasteiger charge is 2.15. The second-order valence-electron chi connectivity index (χ2n) is 5.56. The molecule has 122 valence electrons. The molecule has 0 unspecified atom stereocenters. The Morgan fingerprint density at radius 3 is 2.32 bits per heavy atom. The minimum atomic E-state index is -0.267. The summed E-state index contributed by atoms with van der Waals surface area (Å²) in [7, 11) is 0. The number of pyridine rings is 1. The number of benzene rings is 2. The molecule has 0 atom stereocenters. The highest BCUT2D eigenvalue weighted by Crippen LogP contribution is 2.33. The number of imidazole rings is 1. The molecule has 5 heteroatoms. The summed E-state index contributed by atoms with van der Waals surface area (Å²) in [4.78, 5) is 12.3. The number of aromatic nitrogens is 3. The van der Waals surface area contributed by atoms with E-state index < -0.39 is 0 Å². The second-order valence-corrected chi connectivity index (χ2v) is 6.48. The third kappa shape index (κ3) is 3.23. The van der Waals surface area contributed by atoms with Gasteiger partial charge in [-0.05, 0) is 48.5 Å². The number of hydrogen-bond acceptors (Lipinski definition) is 2. The molecular formula is C20H13BrFN3. The monoisotopic (exact) mass is 393 g/mol. The topological polar surface area (TPSA) is 41.6 Å². The number of rotatable bonds is 3. The van der Waals surface area contributed by atoms with Gasteiger partial charge in [-0.1, -0.05) is 28.1 Å². The number of hydrogen-bond donors (Lipinski definition) is 1. The van der Waals surface area contributed by atoms with Gasteiger partial charge in [-0.2, -0.15) is 0 Å². The zero-order chi connectivity index (χ0) is 17.2. The Balaban J connectivity index is 1.90. The summed E-state index contributed by atoms with van der Waals surface area (Å²) in [6.45, 7) is 0. The maximum atomic E-state index is 13.3. The molecule has 0 spiro atoms. The maximum Gasteiger partial charge on any atom is 0.138 e. The van der Waals surface area contributed by atoms with E-state index >= 15 is 0 Å². The predicted molar refractivity (Wildman–Crippen MR) is 100 cm³/mol. The Hall–Kier alpha value is -2.79. The van der Waals surface area contributed by atoms with E-state index in [1.54, 1.807) is 24.5 Å². The van der Waals surface area contributed by atoms with Gasteiger partial charge >= 0.3 is 0 Å². The number of nitrogens with one attached hydrogen (secondary N) is 1. The first-order chi connectivity index (χ1) is 12.2. The van der Waals surface area contributed by atoms with Gasteiger partial charge < -0.3 is 4.98 Å². The van der Waals surface area contributed by atoms with Crippen molar-refractivity contribution in [2.24, 2.45) is 0 Å². The third-order valence-electron chi connectivity index (χ3n) is 3.89. The summed E-state index contributed by atoms with van der Waals surface area (Å²) in [5.74, 6) is 0.490. The van der Waals surface area contributed by atoms with Gasteiger partial charge in [0.1, 0.15) is 11.6 Å². The molecule has 0 aliphatic heterocycles. The summed E-state index contributed by atoms with van der Waals surface area (Å²) >= 11 is 3.49. The summed E-state index contributed by atoms with van der Waals surface area (Å²) in [5, 5.41) is 0. The average Bonchev–Trinajstić information content (AvgIpc) is 3.08. The molecule has 2 aromatic carbocycles. The van der Waals surface area contributed by atoms with Crippen LogP contribution in [0.4, 0.5) is 4.39 Å². The van der Waals surface area contributed by atoms with Crippen LogP contribution in [0.5, 0.6) is 0 Å². The van der Waals surface area contributed by atoms with Crippen LogP contribution in [0.25, 0.3) is 33.9 Å². The molecule has 0 bridgehead atoms. The van der Waals surface area contributed by atoms with Gasteiger partial charge in [-0.15, -0.1) is 0 Å². The molecule has 1 N–H and O–H groups in total. The van der Waals surface area contributed by atoms with Gasteiger partial charge in [-0.3, -0.25) is 4.98 Å². The van der Waals surface area contributed by atoms with Gasteiger partial charge in [0.2, 0.25) is 0 Å². The van der Waals surface area contributed by atoms with Crippen molar-refractivity contribution in [3.8, 4) is 33.9 Å². The average molecular weight is 394 g/mol. The molecular weight excluding hydrogens is 381 g/mol. The first-order valence-corrected chi connectivity index (χ1v) is 8.52. The molecule has 0 amide bonds. The maximum absolute atomic E-state index is 13.3. The highest BCUT2D eigenvalue weighted by molar-refractivity contribution is 9.10. The number of halogens is 2. The Bertz CT molecular complexity index is 1010. The second kappa shape index (κ2) is 6.61. The first-order valence-electron chi connectivity index (χ1n) is 7.73. The standard InChI is InChI=1S/C20H13BrFN3/c21-16-3-1-2-15(12-16)20-24-18(13-4-6-17(22)7-5-13)19(25-20)14-8-10-23-11-9-14/h1-12H,(H,24,25). The molecule has 0 saturated carbocycles. The SMILES string of the molecule is Fc1ccc(-c2nc(-c3cccc(Br)c3)[nH]c2-c2ccncc2)cc1. The lowest BCUT2D eigenvalue weighted by Crippen LogP contribution is -1.84. The molecule has 0 saturated heterocycles. The van der Waals surface area contributed by atoms with Crippen LogP contribution in [0.2, 0.25) is 0 Å². The zero-order valence-corrected chi connectivity index (χ0v) is 14.7. The van der Waals surface area contributed by atoms with Crippen LogP contribution in [0, 0.1) is 5.82 Å². The highest BCUT2D eigenvalue weighted by atomic mass is 79.9. The Morgan fingerprint density at radius 2 is 1.60 bits per heavy atom. The van der Waals surface area contributed by atoms with Crippen LogP contribution in [-0.2, 0) is 0 Å². The van der Waals surface area contributed by atoms with Gasteiger partial charge in [0, 0.05) is 33.6 Å². The molecule has 3 nitrogen and oxygen atoms in total. The summed E-state index contributed by atoms with van der Waals surface area (Å²) in [5.41, 5.74) is 4.46. The summed E-state index contributed by atoms with van der Waals surface area (Å²) in [6, 6.07) is 18.1. The lowest BCUT2D eigenvalue weighted by atomic mass is 10.1. The molecule has 0 fully saturated rings. The van der Waals surface area contributed by atoms with Gasteiger partial charge in [0.15, 0.2) is 0 Å². The molecule has 2 heterocycles. The van der Waals surface area contributed by atoms with Crippen LogP contribution in [0.15, 0.2) is 77.5 Å². The lowest BCUT2D eigenvalue weighted by Gasteiger charge is -2.02. The van der Waals surface area contributed by atoms with E-state index in [9.17, 15) is 4.39 Å². The number of H-pyrrole nitrogens is 1. The minimum Gasteiger partial charge on any atom is -0.337 e. The molecule has 2 aromatic heterocycles. The van der Waals surface area contributed by atoms with Crippen molar-refractivity contribution >= 4 is 15.9 Å². The van der Waals surface area contributed by atoms with Gasteiger partial charge in [-0.25, -0.2) is 9.37 Å². The van der Waals surface area contributed by atoms with E-state index in [4.69, 9.17) is 4.98 Å². The normalized spacial score (nSPS) is 10.8. The lowest BCUT2D eigenvalue weighted by molar-refractivity contribution is 0.628. The molecule has 0 aliphatic carbocycles. The van der Waals surface area contributed by atoms with E-state index in [1.165, 1.54) is 12.1 Å². The first kappa shape index (κ1) is 15.7.